The van der Waals surface area contributed by atoms with Crippen molar-refractivity contribution in [2.45, 2.75) is 32.7 Å². The molecule has 1 aromatic carbocycles. The summed E-state index contributed by atoms with van der Waals surface area (Å²) >= 11 is 12.0. The molecule has 5 nitrogen and oxygen atoms in total. The lowest BCUT2D eigenvalue weighted by Crippen LogP contribution is -2.40. The van der Waals surface area contributed by atoms with Gasteiger partial charge in [0.05, 0.1) is 22.2 Å². The third kappa shape index (κ3) is 4.67. The van der Waals surface area contributed by atoms with E-state index in [1.165, 1.54) is 4.90 Å². The van der Waals surface area contributed by atoms with E-state index in [1.807, 2.05) is 26.0 Å². The highest BCUT2D eigenvalue weighted by Gasteiger charge is 2.32. The Labute approximate surface area is 157 Å². The number of halogens is 2. The van der Waals surface area contributed by atoms with Crippen molar-refractivity contribution < 1.29 is 14.7 Å². The van der Waals surface area contributed by atoms with Gasteiger partial charge in [-0.15, -0.1) is 0 Å². The molecular formula is C18H22Cl2N2O3. The Balaban J connectivity index is 2.02. The van der Waals surface area contributed by atoms with Crippen LogP contribution < -0.4 is 5.32 Å². The summed E-state index contributed by atoms with van der Waals surface area (Å²) in [7, 11) is 1.54. The van der Waals surface area contributed by atoms with E-state index >= 15 is 0 Å². The minimum atomic E-state index is -0.526. The van der Waals surface area contributed by atoms with E-state index in [2.05, 4.69) is 5.32 Å². The predicted molar refractivity (Wildman–Crippen MR) is 98.8 cm³/mol. The first-order valence-corrected chi connectivity index (χ1v) is 8.88. The van der Waals surface area contributed by atoms with E-state index < -0.39 is 17.6 Å². The highest BCUT2D eigenvalue weighted by atomic mass is 35.5. The number of carbonyl (C=O) groups is 2. The molecule has 0 radical (unpaired) electrons. The van der Waals surface area contributed by atoms with E-state index in [4.69, 9.17) is 23.2 Å². The maximum Gasteiger partial charge on any atom is 0.289 e. The van der Waals surface area contributed by atoms with Crippen LogP contribution in [-0.4, -0.2) is 41.5 Å². The molecule has 2 N–H and O–H groups in total. The van der Waals surface area contributed by atoms with Gasteiger partial charge in [-0.25, -0.2) is 0 Å². The molecule has 0 aliphatic carbocycles. The summed E-state index contributed by atoms with van der Waals surface area (Å²) in [5, 5.41) is 13.8. The lowest BCUT2D eigenvalue weighted by Gasteiger charge is -2.23. The van der Waals surface area contributed by atoms with Gasteiger partial charge in [0.25, 0.3) is 11.8 Å². The fraction of sp³-hybridized carbons (Fsp3) is 0.444. The number of benzene rings is 1. The summed E-state index contributed by atoms with van der Waals surface area (Å²) < 4.78 is 0. The van der Waals surface area contributed by atoms with Gasteiger partial charge in [0.15, 0.2) is 5.76 Å². The fourth-order valence-corrected chi connectivity index (χ4v) is 3.04. The molecule has 2 rings (SSSR count). The van der Waals surface area contributed by atoms with Gasteiger partial charge in [0.1, 0.15) is 0 Å². The third-order valence-corrected chi connectivity index (χ3v) is 5.09. The first kappa shape index (κ1) is 19.6. The zero-order valence-electron chi connectivity index (χ0n) is 14.5. The van der Waals surface area contributed by atoms with Crippen molar-refractivity contribution in [1.82, 2.24) is 10.2 Å². The molecule has 25 heavy (non-hydrogen) atoms. The van der Waals surface area contributed by atoms with E-state index in [0.717, 1.165) is 12.0 Å². The number of hydrogen-bond donors (Lipinski definition) is 2. The Morgan fingerprint density at radius 3 is 2.52 bits per heavy atom. The van der Waals surface area contributed by atoms with Crippen LogP contribution in [0.5, 0.6) is 0 Å². The molecule has 0 spiro atoms. The van der Waals surface area contributed by atoms with Crippen LogP contribution in [0.4, 0.5) is 0 Å². The number of nitrogens with zero attached hydrogens (tertiary/aromatic N) is 1. The Bertz CT molecular complexity index is 716. The van der Waals surface area contributed by atoms with Crippen LogP contribution in [0, 0.1) is 5.92 Å². The molecule has 1 heterocycles. The minimum absolute atomic E-state index is 0.0942. The quantitative estimate of drug-likeness (QED) is 0.789. The van der Waals surface area contributed by atoms with Crippen molar-refractivity contribution in [1.29, 1.82) is 0 Å². The molecule has 1 aliphatic rings. The largest absolute Gasteiger partial charge is 0.503 e. The van der Waals surface area contributed by atoms with Crippen molar-refractivity contribution in [3.63, 3.8) is 0 Å². The smallest absolute Gasteiger partial charge is 0.289 e. The Morgan fingerprint density at radius 1 is 1.32 bits per heavy atom. The number of rotatable bonds is 6. The second kappa shape index (κ2) is 8.11. The maximum atomic E-state index is 12.4. The molecular weight excluding hydrogens is 363 g/mol. The summed E-state index contributed by atoms with van der Waals surface area (Å²) in [5.41, 5.74) is 1.15. The zero-order chi connectivity index (χ0) is 18.7. The summed E-state index contributed by atoms with van der Waals surface area (Å²) in [6.45, 7) is 4.15. The van der Waals surface area contributed by atoms with Crippen LogP contribution in [0.1, 0.15) is 25.8 Å². The summed E-state index contributed by atoms with van der Waals surface area (Å²) in [6, 6.07) is 5.39. The molecule has 7 heteroatoms. The molecule has 0 saturated heterocycles. The number of likely N-dealkylation sites (N-methyl/N-ethyl adjacent to an activating group) is 1. The van der Waals surface area contributed by atoms with E-state index in [9.17, 15) is 14.7 Å². The highest BCUT2D eigenvalue weighted by molar-refractivity contribution is 6.42. The number of carbonyl (C=O) groups excluding carboxylic acids is 2. The lowest BCUT2D eigenvalue weighted by atomic mass is 9.96. The molecule has 0 aromatic heterocycles. The van der Waals surface area contributed by atoms with Crippen LogP contribution >= 0.6 is 23.2 Å². The number of amides is 2. The summed E-state index contributed by atoms with van der Waals surface area (Å²) in [5.74, 6) is -1.19. The van der Waals surface area contributed by atoms with Gasteiger partial charge in [0, 0.05) is 13.1 Å². The normalized spacial score (nSPS) is 15.9. The molecule has 0 bridgehead atoms. The molecule has 1 unspecified atom stereocenters. The first-order valence-electron chi connectivity index (χ1n) is 8.13. The minimum Gasteiger partial charge on any atom is -0.503 e. The first-order chi connectivity index (χ1) is 11.7. The number of nitrogens with one attached hydrogen (secondary N) is 1. The molecule has 1 aliphatic heterocycles. The van der Waals surface area contributed by atoms with Crippen molar-refractivity contribution in [3.05, 3.63) is 45.1 Å². The van der Waals surface area contributed by atoms with Gasteiger partial charge in [-0.3, -0.25) is 9.59 Å². The summed E-state index contributed by atoms with van der Waals surface area (Å²) in [6.07, 6.45) is 1.43. The fourth-order valence-electron chi connectivity index (χ4n) is 2.72. The molecule has 1 atom stereocenters. The average Bonchev–Trinajstić information content (AvgIpc) is 2.81. The standard InChI is InChI=1S/C18H22Cl2N2O3/c1-10(2)15(7-5-11-4-6-13(19)14(20)8-11)21-17(24)12-9-22(3)18(25)16(12)23/h4,6,8,10,15,23H,5,7,9H2,1-3H3,(H,21,24). The van der Waals surface area contributed by atoms with Crippen LogP contribution in [-0.2, 0) is 16.0 Å². The van der Waals surface area contributed by atoms with Crippen molar-refractivity contribution >= 4 is 35.0 Å². The van der Waals surface area contributed by atoms with Gasteiger partial charge in [-0.2, -0.15) is 0 Å². The SMILES string of the molecule is CC(C)C(CCc1ccc(Cl)c(Cl)c1)NC(=O)C1=C(O)C(=O)N(C)C1. The van der Waals surface area contributed by atoms with Crippen molar-refractivity contribution in [2.75, 3.05) is 13.6 Å². The predicted octanol–water partition coefficient (Wildman–Crippen LogP) is 3.35. The van der Waals surface area contributed by atoms with Crippen LogP contribution in [0.3, 0.4) is 0 Å². The molecule has 1 aromatic rings. The number of hydrogen-bond acceptors (Lipinski definition) is 3. The van der Waals surface area contributed by atoms with Gasteiger partial charge in [-0.1, -0.05) is 43.1 Å². The third-order valence-electron chi connectivity index (χ3n) is 4.35. The van der Waals surface area contributed by atoms with E-state index in [0.29, 0.717) is 16.5 Å². The molecule has 0 fully saturated rings. The second-order valence-corrected chi connectivity index (χ2v) is 7.41. The lowest BCUT2D eigenvalue weighted by molar-refractivity contribution is -0.126. The molecule has 0 saturated carbocycles. The van der Waals surface area contributed by atoms with Gasteiger partial charge in [0.2, 0.25) is 0 Å². The van der Waals surface area contributed by atoms with E-state index in [-0.39, 0.29) is 24.1 Å². The van der Waals surface area contributed by atoms with Crippen LogP contribution in [0.25, 0.3) is 0 Å². The van der Waals surface area contributed by atoms with Crippen molar-refractivity contribution in [2.24, 2.45) is 5.92 Å². The van der Waals surface area contributed by atoms with Crippen molar-refractivity contribution in [3.8, 4) is 0 Å². The Morgan fingerprint density at radius 2 is 2.00 bits per heavy atom. The van der Waals surface area contributed by atoms with Gasteiger partial charge >= 0.3 is 0 Å². The zero-order valence-corrected chi connectivity index (χ0v) is 16.0. The van der Waals surface area contributed by atoms with Crippen LogP contribution in [0.2, 0.25) is 10.0 Å². The second-order valence-electron chi connectivity index (χ2n) is 6.60. The Hall–Kier alpha value is -1.72. The molecule has 2 amide bonds. The number of aryl methyl sites for hydroxylation is 1. The van der Waals surface area contributed by atoms with E-state index in [1.54, 1.807) is 13.1 Å². The number of aliphatic hydroxyl groups is 1. The van der Waals surface area contributed by atoms with Gasteiger partial charge < -0.3 is 15.3 Å². The topological polar surface area (TPSA) is 69.6 Å². The van der Waals surface area contributed by atoms with Gasteiger partial charge in [-0.05, 0) is 36.5 Å². The maximum absolute atomic E-state index is 12.4. The number of aliphatic hydroxyl groups excluding tert-OH is 1. The highest BCUT2D eigenvalue weighted by Crippen LogP contribution is 2.24. The summed E-state index contributed by atoms with van der Waals surface area (Å²) in [4.78, 5) is 25.4. The Kier molecular flexibility index (Phi) is 6.36. The average molecular weight is 385 g/mol. The molecule has 136 valence electrons. The monoisotopic (exact) mass is 384 g/mol. The van der Waals surface area contributed by atoms with Crippen LogP contribution in [0.15, 0.2) is 29.5 Å².